The van der Waals surface area contributed by atoms with Crippen molar-refractivity contribution in [2.45, 2.75) is 25.8 Å². The van der Waals surface area contributed by atoms with Gasteiger partial charge in [-0.15, -0.1) is 0 Å². The van der Waals surface area contributed by atoms with Gasteiger partial charge in [0, 0.05) is 31.5 Å². The van der Waals surface area contributed by atoms with Crippen LogP contribution in [0.3, 0.4) is 0 Å². The quantitative estimate of drug-likeness (QED) is 0.802. The fourth-order valence-corrected chi connectivity index (χ4v) is 5.08. The largest absolute Gasteiger partial charge is 0.336 e. The van der Waals surface area contributed by atoms with Gasteiger partial charge in [-0.25, -0.2) is 0 Å². The van der Waals surface area contributed by atoms with Crippen LogP contribution in [0, 0.1) is 5.41 Å². The van der Waals surface area contributed by atoms with Crippen molar-refractivity contribution in [2.75, 3.05) is 37.6 Å². The highest BCUT2D eigenvalue weighted by Gasteiger charge is 2.50. The highest BCUT2D eigenvalue weighted by molar-refractivity contribution is 5.97. The summed E-state index contributed by atoms with van der Waals surface area (Å²) in [5.41, 5.74) is 2.90. The third-order valence-electron chi connectivity index (χ3n) is 6.66. The fraction of sp³-hybridized carbons (Fsp3) is 0.435. The molecule has 6 heteroatoms. The van der Waals surface area contributed by atoms with Gasteiger partial charge in [-0.1, -0.05) is 24.3 Å². The third kappa shape index (κ3) is 3.31. The Morgan fingerprint density at radius 1 is 1.03 bits per heavy atom. The molecule has 150 valence electrons. The van der Waals surface area contributed by atoms with Crippen LogP contribution in [-0.4, -0.2) is 59.3 Å². The molecule has 2 saturated heterocycles. The molecule has 6 nitrogen and oxygen atoms in total. The normalized spacial score (nSPS) is 23.9. The number of hydrogen-bond donors (Lipinski definition) is 0. The van der Waals surface area contributed by atoms with Crippen LogP contribution in [0.4, 0.5) is 5.69 Å². The van der Waals surface area contributed by atoms with Gasteiger partial charge in [0.15, 0.2) is 0 Å². The number of fused-ring (bicyclic) bond motifs is 1. The van der Waals surface area contributed by atoms with Gasteiger partial charge >= 0.3 is 0 Å². The second-order valence-electron chi connectivity index (χ2n) is 8.46. The van der Waals surface area contributed by atoms with E-state index in [9.17, 15) is 9.59 Å². The predicted molar refractivity (Wildman–Crippen MR) is 110 cm³/mol. The van der Waals surface area contributed by atoms with Gasteiger partial charge in [-0.05, 0) is 49.6 Å². The minimum Gasteiger partial charge on any atom is -0.336 e. The van der Waals surface area contributed by atoms with Crippen molar-refractivity contribution in [3.8, 4) is 0 Å². The molecule has 1 atom stereocenters. The minimum absolute atomic E-state index is 0.141. The lowest BCUT2D eigenvalue weighted by atomic mass is 9.85. The van der Waals surface area contributed by atoms with E-state index in [1.807, 2.05) is 46.2 Å². The smallest absolute Gasteiger partial charge is 0.241 e. The van der Waals surface area contributed by atoms with E-state index in [-0.39, 0.29) is 17.2 Å². The van der Waals surface area contributed by atoms with Crippen molar-refractivity contribution < 1.29 is 9.59 Å². The Labute approximate surface area is 171 Å². The number of nitrogens with zero attached hydrogens (tertiary/aromatic N) is 4. The van der Waals surface area contributed by atoms with E-state index in [1.165, 1.54) is 5.56 Å². The molecule has 0 saturated carbocycles. The van der Waals surface area contributed by atoms with Crippen molar-refractivity contribution in [3.63, 3.8) is 0 Å². The van der Waals surface area contributed by atoms with Crippen LogP contribution in [0.1, 0.15) is 24.1 Å². The molecule has 5 rings (SSSR count). The van der Waals surface area contributed by atoms with Crippen LogP contribution >= 0.6 is 0 Å². The molecule has 2 fully saturated rings. The number of rotatable bonds is 4. The number of likely N-dealkylation sites (tertiary alicyclic amines) is 2. The minimum atomic E-state index is -0.321. The molecule has 2 amide bonds. The van der Waals surface area contributed by atoms with Gasteiger partial charge in [0.1, 0.15) is 0 Å². The number of hydrogen-bond acceptors (Lipinski definition) is 4. The highest BCUT2D eigenvalue weighted by Crippen LogP contribution is 2.41. The van der Waals surface area contributed by atoms with Crippen LogP contribution < -0.4 is 4.90 Å². The Kier molecular flexibility index (Phi) is 4.59. The second kappa shape index (κ2) is 7.26. The number of benzene rings is 1. The zero-order valence-electron chi connectivity index (χ0n) is 16.6. The van der Waals surface area contributed by atoms with Crippen molar-refractivity contribution in [2.24, 2.45) is 5.41 Å². The molecule has 1 unspecified atom stereocenters. The van der Waals surface area contributed by atoms with Gasteiger partial charge < -0.3 is 9.80 Å². The van der Waals surface area contributed by atoms with Crippen LogP contribution in [-0.2, 0) is 22.6 Å². The summed E-state index contributed by atoms with van der Waals surface area (Å²) >= 11 is 0. The van der Waals surface area contributed by atoms with E-state index in [0.717, 1.165) is 50.3 Å². The molecule has 1 aromatic heterocycles. The molecule has 1 spiro atoms. The Bertz CT molecular complexity index is 931. The predicted octanol–water partition coefficient (Wildman–Crippen LogP) is 2.10. The molecule has 0 aliphatic carbocycles. The van der Waals surface area contributed by atoms with Gasteiger partial charge in [0.05, 0.1) is 24.2 Å². The Morgan fingerprint density at radius 2 is 1.86 bits per heavy atom. The van der Waals surface area contributed by atoms with Crippen LogP contribution in [0.5, 0.6) is 0 Å². The number of pyridine rings is 1. The van der Waals surface area contributed by atoms with Crippen LogP contribution in [0.25, 0.3) is 0 Å². The third-order valence-corrected chi connectivity index (χ3v) is 6.66. The summed E-state index contributed by atoms with van der Waals surface area (Å²) in [4.78, 5) is 36.5. The highest BCUT2D eigenvalue weighted by atomic mass is 16.2. The van der Waals surface area contributed by atoms with Crippen LogP contribution in [0.15, 0.2) is 48.7 Å². The summed E-state index contributed by atoms with van der Waals surface area (Å²) in [6.07, 6.45) is 4.40. The molecule has 3 aliphatic rings. The average Bonchev–Trinajstić information content (AvgIpc) is 3.43. The van der Waals surface area contributed by atoms with Crippen molar-refractivity contribution in [1.82, 2.24) is 14.8 Å². The fourth-order valence-electron chi connectivity index (χ4n) is 5.08. The number of anilines is 1. The first-order valence-electron chi connectivity index (χ1n) is 10.4. The monoisotopic (exact) mass is 390 g/mol. The van der Waals surface area contributed by atoms with Gasteiger partial charge in [-0.2, -0.15) is 0 Å². The van der Waals surface area contributed by atoms with Crippen molar-refractivity contribution in [1.29, 1.82) is 0 Å². The second-order valence-corrected chi connectivity index (χ2v) is 8.46. The summed E-state index contributed by atoms with van der Waals surface area (Å²) < 4.78 is 0. The topological polar surface area (TPSA) is 56.8 Å². The number of para-hydroxylation sites is 1. The van der Waals surface area contributed by atoms with Crippen molar-refractivity contribution in [3.05, 3.63) is 59.9 Å². The van der Waals surface area contributed by atoms with E-state index in [2.05, 4.69) is 16.0 Å². The molecule has 4 heterocycles. The van der Waals surface area contributed by atoms with E-state index in [4.69, 9.17) is 0 Å². The summed E-state index contributed by atoms with van der Waals surface area (Å²) in [5, 5.41) is 0. The summed E-state index contributed by atoms with van der Waals surface area (Å²) in [7, 11) is 0. The molecular weight excluding hydrogens is 364 g/mol. The van der Waals surface area contributed by atoms with Gasteiger partial charge in [-0.3, -0.25) is 19.5 Å². The first-order valence-corrected chi connectivity index (χ1v) is 10.4. The standard InChI is InChI=1S/C23H26N4O2/c28-21(27-12-8-18-5-1-2-7-20(18)27)16-25-13-9-23(17-25)10-14-26(22(23)29)15-19-6-3-4-11-24-19/h1-7,11H,8-10,12-17H2. The summed E-state index contributed by atoms with van der Waals surface area (Å²) in [6.45, 7) is 4.00. The zero-order chi connectivity index (χ0) is 19.8. The van der Waals surface area contributed by atoms with Crippen molar-refractivity contribution >= 4 is 17.5 Å². The molecule has 1 aromatic carbocycles. The van der Waals surface area contributed by atoms with Gasteiger partial charge in [0.25, 0.3) is 0 Å². The van der Waals surface area contributed by atoms with Crippen LogP contribution in [0.2, 0.25) is 0 Å². The maximum absolute atomic E-state index is 13.2. The molecule has 0 bridgehead atoms. The van der Waals surface area contributed by atoms with E-state index in [0.29, 0.717) is 19.6 Å². The zero-order valence-corrected chi connectivity index (χ0v) is 16.6. The number of carbonyl (C=O) groups excluding carboxylic acids is 2. The van der Waals surface area contributed by atoms with Gasteiger partial charge in [0.2, 0.25) is 11.8 Å². The van der Waals surface area contributed by atoms with E-state index >= 15 is 0 Å². The molecule has 0 N–H and O–H groups in total. The molecular formula is C23H26N4O2. The first kappa shape index (κ1) is 18.3. The Balaban J connectivity index is 1.21. The molecule has 3 aliphatic heterocycles. The number of carbonyl (C=O) groups is 2. The lowest BCUT2D eigenvalue weighted by Crippen LogP contribution is -2.41. The SMILES string of the molecule is O=C(CN1CCC2(CCN(Cc3ccccn3)C2=O)C1)N1CCc2ccccc21. The molecule has 0 radical (unpaired) electrons. The average molecular weight is 390 g/mol. The molecule has 29 heavy (non-hydrogen) atoms. The molecule has 2 aromatic rings. The Hall–Kier alpha value is -2.73. The summed E-state index contributed by atoms with van der Waals surface area (Å²) in [6, 6.07) is 14.0. The number of amides is 2. The maximum Gasteiger partial charge on any atom is 0.241 e. The lowest BCUT2D eigenvalue weighted by molar-refractivity contribution is -0.136. The Morgan fingerprint density at radius 3 is 2.72 bits per heavy atom. The lowest BCUT2D eigenvalue weighted by Gasteiger charge is -2.25. The van der Waals surface area contributed by atoms with E-state index < -0.39 is 0 Å². The maximum atomic E-state index is 13.2. The number of aromatic nitrogens is 1. The van der Waals surface area contributed by atoms with E-state index in [1.54, 1.807) is 6.20 Å². The first-order chi connectivity index (χ1) is 14.1. The summed E-state index contributed by atoms with van der Waals surface area (Å²) in [5.74, 6) is 0.368.